The van der Waals surface area contributed by atoms with E-state index in [0.717, 1.165) is 5.41 Å². The summed E-state index contributed by atoms with van der Waals surface area (Å²) < 4.78 is 0. The van der Waals surface area contributed by atoms with E-state index in [4.69, 9.17) is 0 Å². The Labute approximate surface area is 126 Å². The van der Waals surface area contributed by atoms with Gasteiger partial charge < -0.3 is 5.32 Å². The van der Waals surface area contributed by atoms with Crippen LogP contribution in [0, 0.1) is 5.41 Å². The van der Waals surface area contributed by atoms with Gasteiger partial charge in [-0.1, -0.05) is 33.1 Å². The third kappa shape index (κ3) is 3.98. The van der Waals surface area contributed by atoms with Gasteiger partial charge in [0.2, 0.25) is 0 Å². The first-order chi connectivity index (χ1) is 9.71. The highest BCUT2D eigenvalue weighted by atomic mass is 15.2. The quantitative estimate of drug-likeness (QED) is 0.784. The molecule has 1 N–H and O–H groups in total. The van der Waals surface area contributed by atoms with Crippen LogP contribution >= 0.6 is 0 Å². The van der Waals surface area contributed by atoms with Crippen LogP contribution in [-0.4, -0.2) is 36.6 Å². The van der Waals surface area contributed by atoms with Crippen molar-refractivity contribution in [1.29, 1.82) is 0 Å². The maximum atomic E-state index is 3.75. The van der Waals surface area contributed by atoms with Crippen molar-refractivity contribution >= 4 is 0 Å². The average Bonchev–Trinajstić information content (AvgIpc) is 2.49. The Morgan fingerprint density at radius 1 is 1.00 bits per heavy atom. The fraction of sp³-hybridized carbons (Fsp3) is 1.00. The lowest BCUT2D eigenvalue weighted by Gasteiger charge is -2.47. The zero-order valence-electron chi connectivity index (χ0n) is 14.1. The molecule has 0 radical (unpaired) electrons. The van der Waals surface area contributed by atoms with Gasteiger partial charge in [-0.15, -0.1) is 0 Å². The molecule has 1 saturated carbocycles. The fourth-order valence-electron chi connectivity index (χ4n) is 4.45. The summed E-state index contributed by atoms with van der Waals surface area (Å²) >= 11 is 0. The molecule has 2 aliphatic rings. The molecule has 118 valence electrons. The van der Waals surface area contributed by atoms with E-state index in [-0.39, 0.29) is 0 Å². The first-order valence-electron chi connectivity index (χ1n) is 9.18. The first-order valence-corrected chi connectivity index (χ1v) is 9.18. The van der Waals surface area contributed by atoms with E-state index in [1.807, 2.05) is 0 Å². The normalized spacial score (nSPS) is 26.6. The van der Waals surface area contributed by atoms with Crippen molar-refractivity contribution in [3.63, 3.8) is 0 Å². The minimum Gasteiger partial charge on any atom is -0.312 e. The third-order valence-electron chi connectivity index (χ3n) is 6.03. The Morgan fingerprint density at radius 3 is 2.20 bits per heavy atom. The van der Waals surface area contributed by atoms with Gasteiger partial charge in [0.1, 0.15) is 0 Å². The number of piperidine rings is 1. The Morgan fingerprint density at radius 2 is 1.65 bits per heavy atom. The van der Waals surface area contributed by atoms with Crippen LogP contribution in [0.1, 0.15) is 78.6 Å². The number of nitrogens with zero attached hydrogens (tertiary/aromatic N) is 1. The molecule has 1 heterocycles. The second-order valence-electron chi connectivity index (χ2n) is 7.31. The predicted octanol–water partition coefficient (Wildman–Crippen LogP) is 4.20. The molecule has 1 aliphatic carbocycles. The van der Waals surface area contributed by atoms with E-state index in [0.29, 0.717) is 12.1 Å². The van der Waals surface area contributed by atoms with Gasteiger partial charge in [0.25, 0.3) is 0 Å². The number of likely N-dealkylation sites (tertiary alicyclic amines) is 1. The Balaban J connectivity index is 1.82. The van der Waals surface area contributed by atoms with Crippen LogP contribution in [0.15, 0.2) is 0 Å². The lowest BCUT2D eigenvalue weighted by molar-refractivity contribution is 0.0390. The lowest BCUT2D eigenvalue weighted by atomic mass is 9.68. The van der Waals surface area contributed by atoms with Crippen LogP contribution in [0.25, 0.3) is 0 Å². The maximum Gasteiger partial charge on any atom is 0.0220 e. The van der Waals surface area contributed by atoms with Gasteiger partial charge in [0.05, 0.1) is 0 Å². The van der Waals surface area contributed by atoms with Gasteiger partial charge >= 0.3 is 0 Å². The summed E-state index contributed by atoms with van der Waals surface area (Å²) in [6, 6.07) is 1.38. The molecule has 0 bridgehead atoms. The summed E-state index contributed by atoms with van der Waals surface area (Å²) in [6.07, 6.45) is 12.9. The molecule has 2 nitrogen and oxygen atoms in total. The highest BCUT2D eigenvalue weighted by molar-refractivity contribution is 4.91. The van der Waals surface area contributed by atoms with Crippen LogP contribution in [0.3, 0.4) is 0 Å². The Bertz CT molecular complexity index is 261. The van der Waals surface area contributed by atoms with Crippen LogP contribution < -0.4 is 5.32 Å². The van der Waals surface area contributed by atoms with Crippen molar-refractivity contribution in [2.75, 3.05) is 19.6 Å². The van der Waals surface area contributed by atoms with Gasteiger partial charge in [0, 0.05) is 12.1 Å². The lowest BCUT2D eigenvalue weighted by Crippen LogP contribution is -2.52. The summed E-state index contributed by atoms with van der Waals surface area (Å²) in [4.78, 5) is 2.76. The van der Waals surface area contributed by atoms with Crippen molar-refractivity contribution in [1.82, 2.24) is 10.2 Å². The van der Waals surface area contributed by atoms with Gasteiger partial charge in [-0.25, -0.2) is 0 Å². The van der Waals surface area contributed by atoms with E-state index in [9.17, 15) is 0 Å². The van der Waals surface area contributed by atoms with Crippen molar-refractivity contribution in [2.24, 2.45) is 5.41 Å². The molecule has 2 heteroatoms. The standard InChI is InChI=1S/C18H36N2/c1-4-13-19-17(5-2)16(3)20-14-11-18(12-15-20)9-7-6-8-10-18/h16-17,19H,4-15H2,1-3H3. The average molecular weight is 280 g/mol. The second kappa shape index (κ2) is 7.79. The molecule has 1 saturated heterocycles. The summed E-state index contributed by atoms with van der Waals surface area (Å²) in [5.74, 6) is 0. The molecule has 2 atom stereocenters. The summed E-state index contributed by atoms with van der Waals surface area (Å²) in [5, 5.41) is 3.75. The molecular formula is C18H36N2. The summed E-state index contributed by atoms with van der Waals surface area (Å²) in [6.45, 7) is 10.9. The topological polar surface area (TPSA) is 15.3 Å². The van der Waals surface area contributed by atoms with Crippen molar-refractivity contribution < 1.29 is 0 Å². The molecule has 0 aromatic heterocycles. The minimum atomic E-state index is 0.676. The van der Waals surface area contributed by atoms with Gasteiger partial charge in [-0.05, 0) is 70.5 Å². The zero-order valence-corrected chi connectivity index (χ0v) is 14.1. The molecule has 0 aromatic rings. The third-order valence-corrected chi connectivity index (χ3v) is 6.03. The largest absolute Gasteiger partial charge is 0.312 e. The van der Waals surface area contributed by atoms with E-state index < -0.39 is 0 Å². The molecule has 1 aliphatic heterocycles. The molecule has 0 aromatic carbocycles. The van der Waals surface area contributed by atoms with Gasteiger partial charge in [0.15, 0.2) is 0 Å². The van der Waals surface area contributed by atoms with Crippen LogP contribution in [0.5, 0.6) is 0 Å². The van der Waals surface area contributed by atoms with Crippen LogP contribution in [0.2, 0.25) is 0 Å². The minimum absolute atomic E-state index is 0.676. The number of nitrogens with one attached hydrogen (secondary N) is 1. The molecule has 0 amide bonds. The van der Waals surface area contributed by atoms with E-state index in [2.05, 4.69) is 31.0 Å². The highest BCUT2D eigenvalue weighted by Gasteiger charge is 2.37. The monoisotopic (exact) mass is 280 g/mol. The van der Waals surface area contributed by atoms with Crippen LogP contribution in [-0.2, 0) is 0 Å². The zero-order chi connectivity index (χ0) is 14.4. The van der Waals surface area contributed by atoms with E-state index in [1.54, 1.807) is 0 Å². The number of hydrogen-bond acceptors (Lipinski definition) is 2. The highest BCUT2D eigenvalue weighted by Crippen LogP contribution is 2.44. The Kier molecular flexibility index (Phi) is 6.35. The van der Waals surface area contributed by atoms with Crippen molar-refractivity contribution in [2.45, 2.75) is 90.6 Å². The molecule has 2 fully saturated rings. The SMILES string of the molecule is CCCNC(CC)C(C)N1CCC2(CCCCC2)CC1. The predicted molar refractivity (Wildman–Crippen MR) is 88.2 cm³/mol. The Hall–Kier alpha value is -0.0800. The fourth-order valence-corrected chi connectivity index (χ4v) is 4.45. The molecule has 2 rings (SSSR count). The van der Waals surface area contributed by atoms with Gasteiger partial charge in [-0.2, -0.15) is 0 Å². The van der Waals surface area contributed by atoms with E-state index in [1.165, 1.54) is 77.4 Å². The first kappa shape index (κ1) is 16.3. The van der Waals surface area contributed by atoms with Crippen LogP contribution in [0.4, 0.5) is 0 Å². The van der Waals surface area contributed by atoms with Gasteiger partial charge in [-0.3, -0.25) is 4.90 Å². The molecule has 20 heavy (non-hydrogen) atoms. The second-order valence-corrected chi connectivity index (χ2v) is 7.31. The number of rotatable bonds is 6. The smallest absolute Gasteiger partial charge is 0.0220 e. The van der Waals surface area contributed by atoms with Crippen molar-refractivity contribution in [3.05, 3.63) is 0 Å². The molecule has 2 unspecified atom stereocenters. The molecular weight excluding hydrogens is 244 g/mol. The van der Waals surface area contributed by atoms with Crippen molar-refractivity contribution in [3.8, 4) is 0 Å². The molecule has 1 spiro atoms. The summed E-state index contributed by atoms with van der Waals surface area (Å²) in [5.41, 5.74) is 0.743. The van der Waals surface area contributed by atoms with E-state index >= 15 is 0 Å². The summed E-state index contributed by atoms with van der Waals surface area (Å²) in [7, 11) is 0. The maximum absolute atomic E-state index is 3.75. The number of hydrogen-bond donors (Lipinski definition) is 1.